The minimum atomic E-state index is -1.12. The zero-order valence-electron chi connectivity index (χ0n) is 13.0. The number of carbonyl (C=O) groups excluding carboxylic acids is 1. The first-order chi connectivity index (χ1) is 11.0. The van der Waals surface area contributed by atoms with Crippen molar-refractivity contribution in [1.29, 1.82) is 0 Å². The van der Waals surface area contributed by atoms with Crippen molar-refractivity contribution >= 4 is 11.9 Å². The number of carbonyl (C=O) groups is 2. The third-order valence-electron chi connectivity index (χ3n) is 4.43. The van der Waals surface area contributed by atoms with Crippen LogP contribution in [-0.4, -0.2) is 32.3 Å². The summed E-state index contributed by atoms with van der Waals surface area (Å²) < 4.78 is 1.73. The largest absolute Gasteiger partial charge is 0.480 e. The van der Waals surface area contributed by atoms with Gasteiger partial charge in [0, 0.05) is 18.0 Å². The van der Waals surface area contributed by atoms with Gasteiger partial charge in [-0.2, -0.15) is 5.10 Å². The summed E-state index contributed by atoms with van der Waals surface area (Å²) in [5.41, 5.74) is 1.13. The lowest BCUT2D eigenvalue weighted by atomic mass is 9.97. The summed E-state index contributed by atoms with van der Waals surface area (Å²) in [7, 11) is 0. The molecule has 0 atom stereocenters. The molecular formula is C17H19N3O3. The molecule has 3 rings (SSSR count). The number of amides is 1. The van der Waals surface area contributed by atoms with Gasteiger partial charge >= 0.3 is 5.97 Å². The number of benzene rings is 1. The zero-order chi connectivity index (χ0) is 16.4. The molecule has 1 aromatic heterocycles. The van der Waals surface area contributed by atoms with E-state index in [2.05, 4.69) is 10.4 Å². The number of rotatable bonds is 4. The number of aryl methyl sites for hydroxylation is 1. The van der Waals surface area contributed by atoms with E-state index in [1.54, 1.807) is 23.0 Å². The average molecular weight is 313 g/mol. The maximum atomic E-state index is 12.5. The zero-order valence-corrected chi connectivity index (χ0v) is 13.0. The topological polar surface area (TPSA) is 84.2 Å². The Kier molecular flexibility index (Phi) is 3.90. The lowest BCUT2D eigenvalue weighted by Crippen LogP contribution is -2.52. The predicted octanol–water partition coefficient (Wildman–Crippen LogP) is 2.31. The third-order valence-corrected chi connectivity index (χ3v) is 4.43. The molecule has 0 aliphatic heterocycles. The first-order valence-electron chi connectivity index (χ1n) is 7.68. The fourth-order valence-corrected chi connectivity index (χ4v) is 3.13. The van der Waals surface area contributed by atoms with Gasteiger partial charge in [-0.05, 0) is 49.6 Å². The number of carboxylic acids is 1. The monoisotopic (exact) mass is 313 g/mol. The standard InChI is InChI=1S/C17H19N3O3/c1-12-11-13(5-6-14(12)20-10-4-9-18-20)15(21)19-17(16(22)23)7-2-3-8-17/h4-6,9-11H,2-3,7-8H2,1H3,(H,19,21)(H,22,23). The highest BCUT2D eigenvalue weighted by Gasteiger charge is 2.42. The van der Waals surface area contributed by atoms with Gasteiger partial charge in [-0.1, -0.05) is 12.8 Å². The van der Waals surface area contributed by atoms with Crippen molar-refractivity contribution in [2.75, 3.05) is 0 Å². The molecule has 1 amide bonds. The maximum absolute atomic E-state index is 12.5. The van der Waals surface area contributed by atoms with Crippen molar-refractivity contribution < 1.29 is 14.7 Å². The van der Waals surface area contributed by atoms with Crippen LogP contribution < -0.4 is 5.32 Å². The molecule has 1 heterocycles. The Morgan fingerprint density at radius 2 is 2.04 bits per heavy atom. The van der Waals surface area contributed by atoms with E-state index in [0.717, 1.165) is 24.1 Å². The number of aromatic nitrogens is 2. The van der Waals surface area contributed by atoms with Gasteiger partial charge in [-0.15, -0.1) is 0 Å². The average Bonchev–Trinajstić information content (AvgIpc) is 3.19. The Bertz CT molecular complexity index is 732. The van der Waals surface area contributed by atoms with Crippen LogP contribution in [0.15, 0.2) is 36.7 Å². The first-order valence-corrected chi connectivity index (χ1v) is 7.68. The molecule has 2 aromatic rings. The third kappa shape index (κ3) is 2.84. The van der Waals surface area contributed by atoms with Gasteiger partial charge in [0.05, 0.1) is 5.69 Å². The number of hydrogen-bond donors (Lipinski definition) is 2. The van der Waals surface area contributed by atoms with E-state index in [-0.39, 0.29) is 5.91 Å². The summed E-state index contributed by atoms with van der Waals surface area (Å²) in [4.78, 5) is 24.0. The lowest BCUT2D eigenvalue weighted by molar-refractivity contribution is -0.144. The predicted molar refractivity (Wildman–Crippen MR) is 84.6 cm³/mol. The lowest BCUT2D eigenvalue weighted by Gasteiger charge is -2.25. The van der Waals surface area contributed by atoms with Crippen LogP contribution in [0.1, 0.15) is 41.6 Å². The van der Waals surface area contributed by atoms with E-state index >= 15 is 0 Å². The highest BCUT2D eigenvalue weighted by molar-refractivity contribution is 5.98. The SMILES string of the molecule is Cc1cc(C(=O)NC2(C(=O)O)CCCC2)ccc1-n1cccn1. The molecule has 23 heavy (non-hydrogen) atoms. The quantitative estimate of drug-likeness (QED) is 0.907. The van der Waals surface area contributed by atoms with Gasteiger partial charge in [0.25, 0.3) is 5.91 Å². The highest BCUT2D eigenvalue weighted by atomic mass is 16.4. The molecule has 0 spiro atoms. The van der Waals surface area contributed by atoms with Crippen LogP contribution in [0.5, 0.6) is 0 Å². The van der Waals surface area contributed by atoms with Crippen LogP contribution in [0.2, 0.25) is 0 Å². The van der Waals surface area contributed by atoms with Crippen LogP contribution in [-0.2, 0) is 4.79 Å². The second-order valence-corrected chi connectivity index (χ2v) is 6.00. The molecule has 1 aliphatic carbocycles. The number of carboxylic acid groups (broad SMARTS) is 1. The normalized spacial score (nSPS) is 16.2. The molecule has 0 saturated heterocycles. The summed E-state index contributed by atoms with van der Waals surface area (Å²) in [6.45, 7) is 1.90. The Labute approximate surface area is 134 Å². The molecule has 2 N–H and O–H groups in total. The van der Waals surface area contributed by atoms with E-state index in [1.165, 1.54) is 0 Å². The molecule has 120 valence electrons. The van der Waals surface area contributed by atoms with Gasteiger partial charge in [-0.25, -0.2) is 9.48 Å². The van der Waals surface area contributed by atoms with Gasteiger partial charge < -0.3 is 10.4 Å². The Morgan fingerprint density at radius 3 is 2.61 bits per heavy atom. The second-order valence-electron chi connectivity index (χ2n) is 6.00. The molecule has 6 nitrogen and oxygen atoms in total. The van der Waals surface area contributed by atoms with Gasteiger partial charge in [0.2, 0.25) is 0 Å². The summed E-state index contributed by atoms with van der Waals surface area (Å²) in [6, 6.07) is 7.11. The summed E-state index contributed by atoms with van der Waals surface area (Å²) in [5.74, 6) is -1.29. The van der Waals surface area contributed by atoms with Crippen LogP contribution in [0.25, 0.3) is 5.69 Å². The van der Waals surface area contributed by atoms with Crippen LogP contribution in [0.4, 0.5) is 0 Å². The van der Waals surface area contributed by atoms with Crippen LogP contribution >= 0.6 is 0 Å². The van der Waals surface area contributed by atoms with Crippen molar-refractivity contribution in [1.82, 2.24) is 15.1 Å². The fraction of sp³-hybridized carbons (Fsp3) is 0.353. The molecule has 1 saturated carbocycles. The van der Waals surface area contributed by atoms with Crippen molar-refractivity contribution in [3.8, 4) is 5.69 Å². The van der Waals surface area contributed by atoms with Gasteiger partial charge in [0.15, 0.2) is 0 Å². The van der Waals surface area contributed by atoms with E-state index in [9.17, 15) is 14.7 Å². The molecule has 1 aliphatic rings. The summed E-state index contributed by atoms with van der Waals surface area (Å²) in [6.07, 6.45) is 6.14. The van der Waals surface area contributed by atoms with E-state index < -0.39 is 11.5 Å². The number of hydrogen-bond acceptors (Lipinski definition) is 3. The smallest absolute Gasteiger partial charge is 0.329 e. The van der Waals surface area contributed by atoms with E-state index in [1.807, 2.05) is 25.3 Å². The molecule has 1 aromatic carbocycles. The Hall–Kier alpha value is -2.63. The van der Waals surface area contributed by atoms with E-state index in [0.29, 0.717) is 18.4 Å². The number of nitrogens with one attached hydrogen (secondary N) is 1. The molecule has 0 radical (unpaired) electrons. The molecule has 6 heteroatoms. The minimum absolute atomic E-state index is 0.343. The molecule has 0 unspecified atom stereocenters. The first kappa shape index (κ1) is 15.3. The Balaban J connectivity index is 1.83. The number of nitrogens with zero attached hydrogens (tertiary/aromatic N) is 2. The summed E-state index contributed by atoms with van der Waals surface area (Å²) >= 11 is 0. The molecular weight excluding hydrogens is 294 g/mol. The summed E-state index contributed by atoms with van der Waals surface area (Å²) in [5, 5.41) is 16.4. The fourth-order valence-electron chi connectivity index (χ4n) is 3.13. The van der Waals surface area contributed by atoms with Crippen molar-refractivity contribution in [2.45, 2.75) is 38.1 Å². The molecule has 0 bridgehead atoms. The maximum Gasteiger partial charge on any atom is 0.329 e. The van der Waals surface area contributed by atoms with Crippen molar-refractivity contribution in [3.63, 3.8) is 0 Å². The van der Waals surface area contributed by atoms with Crippen LogP contribution in [0, 0.1) is 6.92 Å². The van der Waals surface area contributed by atoms with Gasteiger partial charge in [-0.3, -0.25) is 4.79 Å². The van der Waals surface area contributed by atoms with E-state index in [4.69, 9.17) is 0 Å². The van der Waals surface area contributed by atoms with Crippen molar-refractivity contribution in [2.24, 2.45) is 0 Å². The number of aliphatic carboxylic acids is 1. The second kappa shape index (κ2) is 5.87. The minimum Gasteiger partial charge on any atom is -0.480 e. The highest BCUT2D eigenvalue weighted by Crippen LogP contribution is 2.30. The molecule has 1 fully saturated rings. The van der Waals surface area contributed by atoms with Gasteiger partial charge in [0.1, 0.15) is 5.54 Å². The van der Waals surface area contributed by atoms with Crippen molar-refractivity contribution in [3.05, 3.63) is 47.8 Å². The Morgan fingerprint density at radius 1 is 1.30 bits per heavy atom. The van der Waals surface area contributed by atoms with Crippen LogP contribution in [0.3, 0.4) is 0 Å².